The van der Waals surface area contributed by atoms with Crippen LogP contribution in [0.15, 0.2) is 42.5 Å². The fourth-order valence-corrected chi connectivity index (χ4v) is 12.0. The fraction of sp³-hybridized carbons (Fsp3) is 0.542. The summed E-state index contributed by atoms with van der Waals surface area (Å²) in [7, 11) is -0.884. The summed E-state index contributed by atoms with van der Waals surface area (Å²) >= 11 is 0. The number of likely N-dealkylation sites (N-methyl/N-ethyl adjacent to an activating group) is 1. The summed E-state index contributed by atoms with van der Waals surface area (Å²) in [5.74, 6) is 2.53. The number of terminal acetylenes is 1. The highest BCUT2D eigenvalue weighted by molar-refractivity contribution is 6.77. The predicted molar refractivity (Wildman–Crippen MR) is 240 cm³/mol. The van der Waals surface area contributed by atoms with Gasteiger partial charge in [-0.15, -0.1) is 6.42 Å². The van der Waals surface area contributed by atoms with E-state index >= 15 is 4.79 Å². The van der Waals surface area contributed by atoms with Crippen molar-refractivity contribution in [3.8, 4) is 24.0 Å². The molecule has 1 aromatic heterocycles. The van der Waals surface area contributed by atoms with Gasteiger partial charge in [0, 0.05) is 37.4 Å². The fourth-order valence-electron chi connectivity index (χ4n) is 8.25. The minimum absolute atomic E-state index is 0.0942. The van der Waals surface area contributed by atoms with Crippen LogP contribution in [0.3, 0.4) is 0 Å². The topological polar surface area (TPSA) is 110 Å². The van der Waals surface area contributed by atoms with E-state index in [2.05, 4.69) is 59.7 Å². The maximum Gasteiger partial charge on any atom is 0.410 e. The normalized spacial score (nSPS) is 14.7. The second-order valence-corrected chi connectivity index (χ2v) is 23.9. The molecule has 2 aromatic carbocycles. The number of pyridine rings is 1. The lowest BCUT2D eigenvalue weighted by Gasteiger charge is -2.41. The number of rotatable bonds is 15. The first-order valence-electron chi connectivity index (χ1n) is 21.1. The first-order valence-corrected chi connectivity index (χ1v) is 23.4. The summed E-state index contributed by atoms with van der Waals surface area (Å²) in [6.45, 7) is 26.6. The summed E-state index contributed by atoms with van der Waals surface area (Å²) < 4.78 is 32.6. The molecule has 0 unspecified atom stereocenters. The molecular formula is C48H67FN4O6Si. The van der Waals surface area contributed by atoms with Crippen LogP contribution in [0.25, 0.3) is 0 Å². The maximum atomic E-state index is 15.3. The third-order valence-corrected chi connectivity index (χ3v) is 17.4. The number of halogens is 1. The summed E-state index contributed by atoms with van der Waals surface area (Å²) in [6, 6.07) is 12.0. The average Bonchev–Trinajstić information content (AvgIpc) is 3.42. The number of anilines is 1. The van der Waals surface area contributed by atoms with Gasteiger partial charge >= 0.3 is 6.09 Å². The van der Waals surface area contributed by atoms with Gasteiger partial charge in [0.25, 0.3) is 8.32 Å². The standard InChI is InChI=1S/C48H67FN4O6Si/c1-16-24-57-36-25-31(5)37(32(6)26-36)29-38(50-42(54)39(17-2)52(15)45(56)58-46(7,8)9)44(55)53-30-48(13,14)41-40(53)28-34(27-33-20-22-35(49)23-21-33)43(51-41)59-60(18-3,19-4)47(10,11)12/h1,20-23,25-26,28,38-39H,17-19,24,27,29-30H2,2-15H3,(H,50,54)/t38-,39-/m0/s1. The van der Waals surface area contributed by atoms with Crippen molar-refractivity contribution in [3.05, 3.63) is 81.8 Å². The van der Waals surface area contributed by atoms with Crippen molar-refractivity contribution in [2.45, 2.75) is 149 Å². The molecule has 12 heteroatoms. The number of aromatic nitrogens is 1. The van der Waals surface area contributed by atoms with Gasteiger partial charge < -0.3 is 24.1 Å². The molecule has 3 amide bonds. The van der Waals surface area contributed by atoms with Gasteiger partial charge in [0.2, 0.25) is 17.7 Å². The zero-order valence-electron chi connectivity index (χ0n) is 38.4. The summed E-state index contributed by atoms with van der Waals surface area (Å²) in [5, 5.41) is 2.98. The van der Waals surface area contributed by atoms with Gasteiger partial charge in [-0.05, 0) is 111 Å². The zero-order valence-corrected chi connectivity index (χ0v) is 39.4. The molecule has 0 radical (unpaired) electrons. The lowest BCUT2D eigenvalue weighted by atomic mass is 9.90. The Morgan fingerprint density at radius 1 is 1.02 bits per heavy atom. The number of hydrogen-bond acceptors (Lipinski definition) is 7. The number of nitrogens with one attached hydrogen (secondary N) is 1. The minimum Gasteiger partial charge on any atom is -0.530 e. The summed E-state index contributed by atoms with van der Waals surface area (Å²) in [6.07, 6.45) is 5.67. The largest absolute Gasteiger partial charge is 0.530 e. The highest BCUT2D eigenvalue weighted by atomic mass is 28.4. The molecule has 10 nitrogen and oxygen atoms in total. The van der Waals surface area contributed by atoms with E-state index < -0.39 is 43.4 Å². The van der Waals surface area contributed by atoms with Crippen molar-refractivity contribution in [2.24, 2.45) is 0 Å². The van der Waals surface area contributed by atoms with Crippen molar-refractivity contribution >= 4 is 31.9 Å². The van der Waals surface area contributed by atoms with Crippen LogP contribution in [0.2, 0.25) is 17.1 Å². The minimum atomic E-state index is -2.41. The van der Waals surface area contributed by atoms with Crippen LogP contribution >= 0.6 is 0 Å². The molecule has 4 rings (SSSR count). The molecule has 3 aromatic rings. The highest BCUT2D eigenvalue weighted by Gasteiger charge is 2.48. The summed E-state index contributed by atoms with van der Waals surface area (Å²) in [5.41, 5.74) is 4.29. The second kappa shape index (κ2) is 18.8. The second-order valence-electron chi connectivity index (χ2n) is 18.8. The number of ether oxygens (including phenoxy) is 2. The first kappa shape index (κ1) is 47.8. The molecule has 0 bridgehead atoms. The molecule has 1 aliphatic heterocycles. The smallest absolute Gasteiger partial charge is 0.410 e. The van der Waals surface area contributed by atoms with E-state index in [0.29, 0.717) is 30.3 Å². The molecule has 60 heavy (non-hydrogen) atoms. The van der Waals surface area contributed by atoms with E-state index in [9.17, 15) is 14.0 Å². The quantitative estimate of drug-likeness (QED) is 0.120. The van der Waals surface area contributed by atoms with E-state index in [1.54, 1.807) is 37.8 Å². The zero-order chi connectivity index (χ0) is 45.0. The molecule has 0 fully saturated rings. The first-order chi connectivity index (χ1) is 27.9. The van der Waals surface area contributed by atoms with Gasteiger partial charge in [0.1, 0.15) is 35.9 Å². The number of amides is 3. The molecule has 0 saturated heterocycles. The van der Waals surface area contributed by atoms with Crippen LogP contribution in [0, 0.1) is 32.0 Å². The van der Waals surface area contributed by atoms with E-state index in [-0.39, 0.29) is 36.2 Å². The molecule has 2 atom stereocenters. The van der Waals surface area contributed by atoms with Crippen LogP contribution in [0.5, 0.6) is 11.6 Å². The Morgan fingerprint density at radius 2 is 1.62 bits per heavy atom. The molecule has 0 saturated carbocycles. The van der Waals surface area contributed by atoms with Gasteiger partial charge in [-0.2, -0.15) is 0 Å². The van der Waals surface area contributed by atoms with Gasteiger partial charge in [0.05, 0.1) is 11.4 Å². The number of fused-ring (bicyclic) bond motifs is 1. The summed E-state index contributed by atoms with van der Waals surface area (Å²) in [4.78, 5) is 51.1. The Labute approximate surface area is 359 Å². The molecule has 0 spiro atoms. The Hall–Kier alpha value is -4.89. The number of nitrogens with zero attached hydrogens (tertiary/aromatic N) is 3. The van der Waals surface area contributed by atoms with Crippen LogP contribution in [-0.2, 0) is 32.6 Å². The van der Waals surface area contributed by atoms with Crippen molar-refractivity contribution in [3.63, 3.8) is 0 Å². The molecular weight excluding hydrogens is 776 g/mol. The van der Waals surface area contributed by atoms with Crippen LogP contribution in [0.1, 0.15) is 116 Å². The number of hydrogen-bond donors (Lipinski definition) is 1. The Bertz CT molecular complexity index is 2050. The number of carbonyl (C=O) groups is 3. The third-order valence-electron chi connectivity index (χ3n) is 11.8. The Kier molecular flexibility index (Phi) is 15.0. The van der Waals surface area contributed by atoms with E-state index in [0.717, 1.165) is 45.6 Å². The van der Waals surface area contributed by atoms with Gasteiger partial charge in [-0.25, -0.2) is 14.2 Å². The number of aryl methyl sites for hydroxylation is 2. The molecule has 326 valence electrons. The number of benzene rings is 2. The maximum absolute atomic E-state index is 15.3. The van der Waals surface area contributed by atoms with Gasteiger partial charge in [-0.3, -0.25) is 14.5 Å². The van der Waals surface area contributed by atoms with Crippen molar-refractivity contribution in [1.82, 2.24) is 15.2 Å². The van der Waals surface area contributed by atoms with E-state index in [1.807, 2.05) is 39.0 Å². The van der Waals surface area contributed by atoms with Crippen molar-refractivity contribution in [1.29, 1.82) is 0 Å². The predicted octanol–water partition coefficient (Wildman–Crippen LogP) is 9.60. The average molecular weight is 843 g/mol. The molecule has 1 aliphatic rings. The molecule has 2 heterocycles. The number of carbonyl (C=O) groups excluding carboxylic acids is 3. The third kappa shape index (κ3) is 10.9. The lowest BCUT2D eigenvalue weighted by molar-refractivity contribution is -0.130. The Balaban J connectivity index is 1.86. The van der Waals surface area contributed by atoms with Gasteiger partial charge in [0.15, 0.2) is 0 Å². The van der Waals surface area contributed by atoms with E-state index in [1.165, 1.54) is 24.1 Å². The monoisotopic (exact) mass is 842 g/mol. The van der Waals surface area contributed by atoms with E-state index in [4.69, 9.17) is 25.3 Å². The van der Waals surface area contributed by atoms with Crippen LogP contribution < -0.4 is 19.4 Å². The van der Waals surface area contributed by atoms with Gasteiger partial charge in [-0.1, -0.05) is 73.4 Å². The SMILES string of the molecule is C#CCOc1cc(C)c(C[C@H](NC(=O)[C@H](CC)N(C)C(=O)OC(C)(C)C)C(=O)N2CC(C)(C)c3nc(O[Si](CC)(CC)C(C)(C)C)c(Cc4ccc(F)cc4)cc32)c(C)c1. The van der Waals surface area contributed by atoms with Crippen molar-refractivity contribution in [2.75, 3.05) is 25.1 Å². The lowest BCUT2D eigenvalue weighted by Crippen LogP contribution is -2.56. The van der Waals surface area contributed by atoms with Crippen LogP contribution in [-0.4, -0.2) is 74.0 Å². The van der Waals surface area contributed by atoms with Crippen LogP contribution in [0.4, 0.5) is 14.9 Å². The Morgan fingerprint density at radius 3 is 2.13 bits per heavy atom. The molecule has 0 aliphatic carbocycles. The molecule has 1 N–H and O–H groups in total. The highest BCUT2D eigenvalue weighted by Crippen LogP contribution is 2.46. The van der Waals surface area contributed by atoms with Crippen molar-refractivity contribution < 1.29 is 32.7 Å².